The Labute approximate surface area is 172 Å². The molecule has 8 heteroatoms. The average Bonchev–Trinajstić information content (AvgIpc) is 3.12. The van der Waals surface area contributed by atoms with E-state index in [1.165, 1.54) is 6.07 Å². The molecule has 0 aliphatic heterocycles. The maximum Gasteiger partial charge on any atom is 0.416 e. The number of rotatable bonds is 5. The first-order valence-corrected chi connectivity index (χ1v) is 10.3. The van der Waals surface area contributed by atoms with E-state index in [9.17, 15) is 18.3 Å². The molecule has 1 unspecified atom stereocenters. The lowest BCUT2D eigenvalue weighted by atomic mass is 9.83. The fraction of sp³-hybridized carbons (Fsp3) is 0.455. The third-order valence-corrected chi connectivity index (χ3v) is 5.74. The van der Waals surface area contributed by atoms with E-state index in [-0.39, 0.29) is 6.10 Å². The van der Waals surface area contributed by atoms with Crippen molar-refractivity contribution in [3.8, 4) is 11.1 Å². The Morgan fingerprint density at radius 2 is 1.97 bits per heavy atom. The number of hydrogen-bond acceptors (Lipinski definition) is 4. The highest BCUT2D eigenvalue weighted by Crippen LogP contribution is 2.33. The van der Waals surface area contributed by atoms with Gasteiger partial charge in [-0.25, -0.2) is 9.50 Å². The quantitative estimate of drug-likeness (QED) is 0.601. The van der Waals surface area contributed by atoms with E-state index in [1.807, 2.05) is 13.0 Å². The summed E-state index contributed by atoms with van der Waals surface area (Å²) >= 11 is 0. The molecule has 3 aromatic rings. The normalized spacial score (nSPS) is 21.0. The van der Waals surface area contributed by atoms with Gasteiger partial charge in [-0.05, 0) is 68.7 Å². The number of aliphatic hydroxyl groups is 1. The summed E-state index contributed by atoms with van der Waals surface area (Å²) in [5.41, 5.74) is 0.818. The molecule has 0 amide bonds. The predicted octanol–water partition coefficient (Wildman–Crippen LogP) is 5.16. The van der Waals surface area contributed by atoms with Crippen LogP contribution < -0.4 is 5.32 Å². The molecule has 2 heterocycles. The molecule has 1 aliphatic carbocycles. The van der Waals surface area contributed by atoms with Crippen LogP contribution in [-0.2, 0) is 6.18 Å². The van der Waals surface area contributed by atoms with Gasteiger partial charge in [0.1, 0.15) is 5.82 Å². The van der Waals surface area contributed by atoms with Crippen molar-refractivity contribution in [2.75, 3.05) is 5.32 Å². The zero-order valence-electron chi connectivity index (χ0n) is 16.7. The molecule has 160 valence electrons. The first-order chi connectivity index (χ1) is 14.3. The summed E-state index contributed by atoms with van der Waals surface area (Å²) in [4.78, 5) is 4.63. The average molecular weight is 418 g/mol. The van der Waals surface area contributed by atoms with E-state index in [0.717, 1.165) is 44.2 Å². The fourth-order valence-electron chi connectivity index (χ4n) is 4.25. The predicted molar refractivity (Wildman–Crippen MR) is 109 cm³/mol. The first-order valence-electron chi connectivity index (χ1n) is 10.3. The van der Waals surface area contributed by atoms with E-state index in [2.05, 4.69) is 15.4 Å². The summed E-state index contributed by atoms with van der Waals surface area (Å²) in [6.07, 6.45) is 3.62. The molecule has 0 saturated heterocycles. The minimum absolute atomic E-state index is 0.264. The zero-order valence-corrected chi connectivity index (χ0v) is 16.7. The summed E-state index contributed by atoms with van der Waals surface area (Å²) < 4.78 is 40.8. The van der Waals surface area contributed by atoms with Gasteiger partial charge in [-0.1, -0.05) is 12.1 Å². The van der Waals surface area contributed by atoms with Gasteiger partial charge in [0.2, 0.25) is 0 Å². The smallest absolute Gasteiger partial charge is 0.393 e. The molecule has 4 rings (SSSR count). The lowest BCUT2D eigenvalue weighted by Gasteiger charge is -2.30. The Kier molecular flexibility index (Phi) is 5.69. The highest BCUT2D eigenvalue weighted by Gasteiger charge is 2.30. The number of fused-ring (bicyclic) bond motifs is 1. The van der Waals surface area contributed by atoms with Crippen molar-refractivity contribution in [3.05, 3.63) is 48.3 Å². The minimum atomic E-state index is -4.40. The molecule has 2 aromatic heterocycles. The van der Waals surface area contributed by atoms with Crippen molar-refractivity contribution in [3.63, 3.8) is 0 Å². The molecule has 1 fully saturated rings. The van der Waals surface area contributed by atoms with Gasteiger partial charge in [0, 0.05) is 17.8 Å². The fourth-order valence-corrected chi connectivity index (χ4v) is 4.25. The van der Waals surface area contributed by atoms with Gasteiger partial charge in [0.15, 0.2) is 5.65 Å². The van der Waals surface area contributed by atoms with Crippen LogP contribution in [0.5, 0.6) is 0 Å². The van der Waals surface area contributed by atoms with Crippen molar-refractivity contribution in [1.29, 1.82) is 0 Å². The van der Waals surface area contributed by atoms with Crippen molar-refractivity contribution < 1.29 is 18.3 Å². The number of aliphatic hydroxyl groups excluding tert-OH is 1. The van der Waals surface area contributed by atoms with Gasteiger partial charge in [-0.3, -0.25) is 0 Å². The van der Waals surface area contributed by atoms with Crippen LogP contribution in [0, 0.1) is 5.92 Å². The van der Waals surface area contributed by atoms with Crippen molar-refractivity contribution in [2.45, 2.75) is 57.3 Å². The van der Waals surface area contributed by atoms with Gasteiger partial charge in [0.05, 0.1) is 17.9 Å². The molecule has 1 aliphatic rings. The van der Waals surface area contributed by atoms with Gasteiger partial charge < -0.3 is 10.4 Å². The Morgan fingerprint density at radius 3 is 2.67 bits per heavy atom. The number of halogens is 3. The standard InChI is InChI=1S/C22H25F3N4O/c1-14(30)11-15-5-7-18(8-6-15)27-20-9-10-29-21(28-20)19(13-26-29)16-3-2-4-17(12-16)22(23,24)25/h2-4,9-10,12-15,18,30H,5-8,11H2,1H3,(H,27,28)/t14?,15-,18-. The second kappa shape index (κ2) is 8.26. The maximum atomic E-state index is 13.1. The maximum absolute atomic E-state index is 13.1. The SMILES string of the molecule is CC(O)C[C@H]1CC[C@H](Nc2ccn3ncc(-c4cccc(C(F)(F)F)c4)c3n2)CC1. The molecule has 30 heavy (non-hydrogen) atoms. The molecular formula is C22H25F3N4O. The largest absolute Gasteiger partial charge is 0.416 e. The monoisotopic (exact) mass is 418 g/mol. The highest BCUT2D eigenvalue weighted by molar-refractivity contribution is 5.78. The molecule has 0 spiro atoms. The van der Waals surface area contributed by atoms with E-state index in [0.29, 0.717) is 34.6 Å². The summed E-state index contributed by atoms with van der Waals surface area (Å²) in [5.74, 6) is 1.25. The summed E-state index contributed by atoms with van der Waals surface area (Å²) in [5, 5.41) is 17.3. The molecular weight excluding hydrogens is 393 g/mol. The molecule has 1 atom stereocenters. The number of nitrogens with one attached hydrogen (secondary N) is 1. The Balaban J connectivity index is 1.53. The van der Waals surface area contributed by atoms with Gasteiger partial charge in [0.25, 0.3) is 0 Å². The summed E-state index contributed by atoms with van der Waals surface area (Å²) in [6, 6.07) is 7.35. The van der Waals surface area contributed by atoms with E-state index >= 15 is 0 Å². The Bertz CT molecular complexity index is 1010. The van der Waals surface area contributed by atoms with Crippen LogP contribution in [0.3, 0.4) is 0 Å². The zero-order chi connectivity index (χ0) is 21.3. The molecule has 2 N–H and O–H groups in total. The molecule has 1 saturated carbocycles. The van der Waals surface area contributed by atoms with Crippen molar-refractivity contribution >= 4 is 11.5 Å². The van der Waals surface area contributed by atoms with Gasteiger partial charge in [-0.2, -0.15) is 18.3 Å². The minimum Gasteiger partial charge on any atom is -0.393 e. The van der Waals surface area contributed by atoms with Crippen LogP contribution >= 0.6 is 0 Å². The second-order valence-corrected chi connectivity index (χ2v) is 8.16. The number of hydrogen-bond donors (Lipinski definition) is 2. The second-order valence-electron chi connectivity index (χ2n) is 8.16. The Morgan fingerprint density at radius 1 is 1.20 bits per heavy atom. The Hall–Kier alpha value is -2.61. The number of aromatic nitrogens is 3. The molecule has 0 bridgehead atoms. The van der Waals surface area contributed by atoms with Crippen LogP contribution in [0.15, 0.2) is 42.7 Å². The third kappa shape index (κ3) is 4.59. The topological polar surface area (TPSA) is 62.5 Å². The number of benzene rings is 1. The van der Waals surface area contributed by atoms with Crippen LogP contribution in [-0.4, -0.2) is 31.9 Å². The van der Waals surface area contributed by atoms with Crippen LogP contribution in [0.4, 0.5) is 19.0 Å². The van der Waals surface area contributed by atoms with Crippen LogP contribution in [0.25, 0.3) is 16.8 Å². The van der Waals surface area contributed by atoms with Crippen LogP contribution in [0.2, 0.25) is 0 Å². The summed E-state index contributed by atoms with van der Waals surface area (Å²) in [7, 11) is 0. The van der Waals surface area contributed by atoms with Gasteiger partial charge in [-0.15, -0.1) is 0 Å². The van der Waals surface area contributed by atoms with Crippen molar-refractivity contribution in [2.24, 2.45) is 5.92 Å². The van der Waals surface area contributed by atoms with Crippen molar-refractivity contribution in [1.82, 2.24) is 14.6 Å². The molecule has 0 radical (unpaired) electrons. The van der Waals surface area contributed by atoms with Crippen LogP contribution in [0.1, 0.15) is 44.6 Å². The van der Waals surface area contributed by atoms with E-state index in [4.69, 9.17) is 0 Å². The molecule has 1 aromatic carbocycles. The number of nitrogens with zero attached hydrogens (tertiary/aromatic N) is 3. The van der Waals surface area contributed by atoms with E-state index < -0.39 is 11.7 Å². The molecule has 5 nitrogen and oxygen atoms in total. The number of anilines is 1. The van der Waals surface area contributed by atoms with Gasteiger partial charge >= 0.3 is 6.18 Å². The number of alkyl halides is 3. The third-order valence-electron chi connectivity index (χ3n) is 5.74. The first kappa shape index (κ1) is 20.7. The lowest BCUT2D eigenvalue weighted by Crippen LogP contribution is -2.27. The highest BCUT2D eigenvalue weighted by atomic mass is 19.4. The lowest BCUT2D eigenvalue weighted by molar-refractivity contribution is -0.137. The summed E-state index contributed by atoms with van der Waals surface area (Å²) in [6.45, 7) is 1.83. The van der Waals surface area contributed by atoms with E-state index in [1.54, 1.807) is 23.0 Å².